The van der Waals surface area contributed by atoms with Gasteiger partial charge in [-0.3, -0.25) is 9.36 Å². The first kappa shape index (κ1) is 19.0. The van der Waals surface area contributed by atoms with Crippen molar-refractivity contribution in [3.63, 3.8) is 0 Å². The van der Waals surface area contributed by atoms with Gasteiger partial charge in [0.05, 0.1) is 16.8 Å². The lowest BCUT2D eigenvalue weighted by Gasteiger charge is -2.16. The van der Waals surface area contributed by atoms with Gasteiger partial charge in [-0.25, -0.2) is 13.4 Å². The number of rotatable bonds is 5. The van der Waals surface area contributed by atoms with E-state index in [-0.39, 0.29) is 28.7 Å². The quantitative estimate of drug-likeness (QED) is 0.788. The lowest BCUT2D eigenvalue weighted by molar-refractivity contribution is -0.120. The van der Waals surface area contributed by atoms with Gasteiger partial charge in [-0.15, -0.1) is 0 Å². The van der Waals surface area contributed by atoms with E-state index in [1.807, 2.05) is 23.8 Å². The van der Waals surface area contributed by atoms with Crippen molar-refractivity contribution >= 4 is 27.5 Å². The molecule has 6 nitrogen and oxygen atoms in total. The topological polar surface area (TPSA) is 81.1 Å². The van der Waals surface area contributed by atoms with Crippen molar-refractivity contribution < 1.29 is 13.2 Å². The molecule has 1 fully saturated rings. The molecule has 0 unspecified atom stereocenters. The fourth-order valence-corrected chi connectivity index (χ4v) is 5.45. The Kier molecular flexibility index (Phi) is 5.43. The molecule has 1 aliphatic heterocycles. The highest BCUT2D eigenvalue weighted by Crippen LogP contribution is 2.26. The number of sulfone groups is 1. The van der Waals surface area contributed by atoms with Gasteiger partial charge in [0.15, 0.2) is 15.0 Å². The van der Waals surface area contributed by atoms with Gasteiger partial charge in [-0.2, -0.15) is 0 Å². The Morgan fingerprint density at radius 3 is 2.77 bits per heavy atom. The summed E-state index contributed by atoms with van der Waals surface area (Å²) in [7, 11) is -3.01. The summed E-state index contributed by atoms with van der Waals surface area (Å²) >= 11 is 1.36. The molecule has 1 amide bonds. The first-order valence-electron chi connectivity index (χ1n) is 8.53. The average molecular weight is 394 g/mol. The Morgan fingerprint density at radius 1 is 1.35 bits per heavy atom. The van der Waals surface area contributed by atoms with E-state index in [9.17, 15) is 13.2 Å². The maximum Gasteiger partial charge on any atom is 0.233 e. The maximum atomic E-state index is 12.4. The molecule has 0 aliphatic carbocycles. The van der Waals surface area contributed by atoms with Crippen molar-refractivity contribution in [2.75, 3.05) is 11.5 Å². The third-order valence-corrected chi connectivity index (χ3v) is 7.45. The van der Waals surface area contributed by atoms with E-state index in [4.69, 9.17) is 0 Å². The van der Waals surface area contributed by atoms with Crippen LogP contribution < -0.4 is 5.32 Å². The first-order chi connectivity index (χ1) is 12.2. The largest absolute Gasteiger partial charge is 0.351 e. The van der Waals surface area contributed by atoms with Crippen LogP contribution in [0.15, 0.2) is 35.7 Å². The predicted octanol–water partition coefficient (Wildman–Crippen LogP) is 2.27. The number of carbonyl (C=O) groups is 1. The summed E-state index contributed by atoms with van der Waals surface area (Å²) < 4.78 is 25.0. The molecule has 0 saturated carbocycles. The maximum absolute atomic E-state index is 12.4. The number of imidazole rings is 1. The Balaban J connectivity index is 1.68. The number of hydrogen-bond acceptors (Lipinski definition) is 5. The number of benzene rings is 1. The molecular weight excluding hydrogens is 370 g/mol. The zero-order chi connectivity index (χ0) is 18.9. The van der Waals surface area contributed by atoms with Crippen molar-refractivity contribution in [1.82, 2.24) is 14.9 Å². The zero-order valence-corrected chi connectivity index (χ0v) is 16.7. The van der Waals surface area contributed by atoms with Crippen molar-refractivity contribution in [2.45, 2.75) is 43.6 Å². The number of thioether (sulfide) groups is 1. The van der Waals surface area contributed by atoms with Crippen molar-refractivity contribution in [1.29, 1.82) is 0 Å². The molecule has 1 aromatic heterocycles. The molecule has 3 rings (SSSR count). The molecule has 0 spiro atoms. The van der Waals surface area contributed by atoms with Gasteiger partial charge in [0.25, 0.3) is 0 Å². The number of carbonyl (C=O) groups excluding carboxylic acids is 1. The van der Waals surface area contributed by atoms with Gasteiger partial charge in [0.2, 0.25) is 5.91 Å². The Labute approximate surface area is 158 Å². The van der Waals surface area contributed by atoms with Gasteiger partial charge in [0, 0.05) is 24.1 Å². The second kappa shape index (κ2) is 7.44. The number of amides is 1. The summed E-state index contributed by atoms with van der Waals surface area (Å²) in [6.45, 7) is 5.94. The van der Waals surface area contributed by atoms with E-state index < -0.39 is 9.84 Å². The summed E-state index contributed by atoms with van der Waals surface area (Å²) in [5.74, 6) is 0.0241. The average Bonchev–Trinajstić information content (AvgIpc) is 3.16. The summed E-state index contributed by atoms with van der Waals surface area (Å²) in [5, 5.41) is 3.21. The number of nitrogens with zero attached hydrogens (tertiary/aromatic N) is 2. The monoisotopic (exact) mass is 393 g/mol. The van der Waals surface area contributed by atoms with Crippen LogP contribution >= 0.6 is 11.8 Å². The summed E-state index contributed by atoms with van der Waals surface area (Å²) in [6, 6.07) is 5.91. The van der Waals surface area contributed by atoms with E-state index in [0.717, 1.165) is 10.8 Å². The number of aromatic nitrogens is 2. The van der Waals surface area contributed by atoms with Crippen molar-refractivity contribution in [2.24, 2.45) is 0 Å². The van der Waals surface area contributed by atoms with E-state index in [1.54, 1.807) is 6.20 Å². The van der Waals surface area contributed by atoms with Gasteiger partial charge >= 0.3 is 0 Å². The van der Waals surface area contributed by atoms with Gasteiger partial charge in [-0.05, 0) is 50.5 Å². The van der Waals surface area contributed by atoms with E-state index in [2.05, 4.69) is 36.3 Å². The van der Waals surface area contributed by atoms with Crippen LogP contribution in [0.5, 0.6) is 0 Å². The fourth-order valence-electron chi connectivity index (χ4n) is 2.89. The van der Waals surface area contributed by atoms with Crippen LogP contribution in [0.2, 0.25) is 0 Å². The molecule has 26 heavy (non-hydrogen) atoms. The highest BCUT2D eigenvalue weighted by Gasteiger charge is 2.30. The fraction of sp³-hybridized carbons (Fsp3) is 0.444. The van der Waals surface area contributed by atoms with Gasteiger partial charge < -0.3 is 5.32 Å². The Morgan fingerprint density at radius 2 is 2.12 bits per heavy atom. The SMILES string of the molecule is Cc1ccc(-n2ccnc2S[C@H](C)C(=O)N[C@H]2CCS(=O)(=O)C2)cc1C. The highest BCUT2D eigenvalue weighted by molar-refractivity contribution is 8.00. The third kappa shape index (κ3) is 4.29. The van der Waals surface area contributed by atoms with Gasteiger partial charge in [-0.1, -0.05) is 17.8 Å². The van der Waals surface area contributed by atoms with Gasteiger partial charge in [0.1, 0.15) is 0 Å². The molecule has 0 bridgehead atoms. The molecule has 1 N–H and O–H groups in total. The smallest absolute Gasteiger partial charge is 0.233 e. The van der Waals surface area contributed by atoms with Crippen LogP contribution in [0.1, 0.15) is 24.5 Å². The molecule has 0 radical (unpaired) electrons. The lowest BCUT2D eigenvalue weighted by atomic mass is 10.1. The molecular formula is C18H23N3O3S2. The second-order valence-corrected chi connectivity index (χ2v) is 10.3. The molecule has 2 heterocycles. The normalized spacial score (nSPS) is 20.0. The molecule has 1 aliphatic rings. The molecule has 140 valence electrons. The third-order valence-electron chi connectivity index (χ3n) is 4.61. The summed E-state index contributed by atoms with van der Waals surface area (Å²) in [4.78, 5) is 16.8. The van der Waals surface area contributed by atoms with E-state index >= 15 is 0 Å². The summed E-state index contributed by atoms with van der Waals surface area (Å²) in [6.07, 6.45) is 4.08. The van der Waals surface area contributed by atoms with Crippen LogP contribution in [-0.4, -0.2) is 46.7 Å². The Hall–Kier alpha value is -1.80. The van der Waals surface area contributed by atoms with Crippen LogP contribution in [0.3, 0.4) is 0 Å². The van der Waals surface area contributed by atoms with Crippen LogP contribution in [0.25, 0.3) is 5.69 Å². The number of hydrogen-bond donors (Lipinski definition) is 1. The number of aryl methyl sites for hydroxylation is 2. The lowest BCUT2D eigenvalue weighted by Crippen LogP contribution is -2.40. The minimum atomic E-state index is -3.01. The highest BCUT2D eigenvalue weighted by atomic mass is 32.2. The second-order valence-electron chi connectivity index (χ2n) is 6.72. The van der Waals surface area contributed by atoms with Crippen molar-refractivity contribution in [3.8, 4) is 5.69 Å². The minimum absolute atomic E-state index is 0.0351. The standard InChI is InChI=1S/C18H23N3O3S2/c1-12-4-5-16(10-13(12)2)21-8-7-19-18(21)25-14(3)17(22)20-15-6-9-26(23,24)11-15/h4-5,7-8,10,14-15H,6,9,11H2,1-3H3,(H,20,22)/t14-,15+/m1/s1. The predicted molar refractivity (Wildman–Crippen MR) is 104 cm³/mol. The zero-order valence-electron chi connectivity index (χ0n) is 15.1. The molecule has 1 saturated heterocycles. The molecule has 8 heteroatoms. The van der Waals surface area contributed by atoms with Crippen LogP contribution in [0.4, 0.5) is 0 Å². The minimum Gasteiger partial charge on any atom is -0.351 e. The Bertz CT molecular complexity index is 922. The number of nitrogens with one attached hydrogen (secondary N) is 1. The molecule has 2 atom stereocenters. The van der Waals surface area contributed by atoms with E-state index in [0.29, 0.717) is 6.42 Å². The van der Waals surface area contributed by atoms with Crippen LogP contribution in [-0.2, 0) is 14.6 Å². The van der Waals surface area contributed by atoms with E-state index in [1.165, 1.54) is 22.9 Å². The van der Waals surface area contributed by atoms with Crippen LogP contribution in [0, 0.1) is 13.8 Å². The molecule has 2 aromatic rings. The van der Waals surface area contributed by atoms with Crippen molar-refractivity contribution in [3.05, 3.63) is 41.7 Å². The molecule has 1 aromatic carbocycles. The first-order valence-corrected chi connectivity index (χ1v) is 11.2. The summed E-state index contributed by atoms with van der Waals surface area (Å²) in [5.41, 5.74) is 3.42.